The van der Waals surface area contributed by atoms with E-state index in [2.05, 4.69) is 27.7 Å². The minimum absolute atomic E-state index is 0.180. The lowest BCUT2D eigenvalue weighted by Gasteiger charge is -2.37. The predicted octanol–water partition coefficient (Wildman–Crippen LogP) is 1.35. The summed E-state index contributed by atoms with van der Waals surface area (Å²) in [5.74, 6) is -0.933. The molecule has 3 heterocycles. The number of carboxylic acid groups (broad SMARTS) is 1. The largest absolute Gasteiger partial charge is 0.477 e. The molecule has 0 bridgehead atoms. The minimum atomic E-state index is -1.28. The number of aliphatic carboxylic acids is 1. The molecule has 3 aliphatic heterocycles. The van der Waals surface area contributed by atoms with Gasteiger partial charge in [-0.1, -0.05) is 27.7 Å². The Kier molecular flexibility index (Phi) is 4.20. The summed E-state index contributed by atoms with van der Waals surface area (Å²) in [5, 5.41) is 8.96. The number of fused-ring (bicyclic) bond motifs is 3. The van der Waals surface area contributed by atoms with Gasteiger partial charge in [0, 0.05) is 5.92 Å². The lowest BCUT2D eigenvalue weighted by molar-refractivity contribution is -0.283. The van der Waals surface area contributed by atoms with E-state index in [1.54, 1.807) is 0 Å². The summed E-state index contributed by atoms with van der Waals surface area (Å²) >= 11 is 0. The molecule has 22 heavy (non-hydrogen) atoms. The summed E-state index contributed by atoms with van der Waals surface area (Å²) in [7, 11) is 0. The standard InChI is InChI=1S/C15H24O7/c1-7(5-15(2,3)4)12-18-6-8-9(20-12)10-13(19-8)22-14(21-10)11(16)17/h7-10,12-14H,5-6H2,1-4H3,(H,16,17). The van der Waals surface area contributed by atoms with Crippen molar-refractivity contribution in [3.8, 4) is 0 Å². The Morgan fingerprint density at radius 2 is 1.91 bits per heavy atom. The zero-order valence-electron chi connectivity index (χ0n) is 13.4. The van der Waals surface area contributed by atoms with E-state index in [4.69, 9.17) is 28.8 Å². The summed E-state index contributed by atoms with van der Waals surface area (Å²) in [5.41, 5.74) is 0.180. The van der Waals surface area contributed by atoms with E-state index in [1.807, 2.05) is 0 Å². The van der Waals surface area contributed by atoms with Crippen LogP contribution >= 0.6 is 0 Å². The van der Waals surface area contributed by atoms with Crippen LogP contribution in [0.3, 0.4) is 0 Å². The fourth-order valence-corrected chi connectivity index (χ4v) is 3.40. The Bertz CT molecular complexity index is 432. The fourth-order valence-electron chi connectivity index (χ4n) is 3.40. The van der Waals surface area contributed by atoms with Gasteiger partial charge in [0.05, 0.1) is 6.61 Å². The number of carboxylic acids is 1. The Hall–Kier alpha value is -0.730. The Morgan fingerprint density at radius 1 is 1.18 bits per heavy atom. The molecule has 0 amide bonds. The molecule has 0 aliphatic carbocycles. The van der Waals surface area contributed by atoms with Gasteiger partial charge in [0.1, 0.15) is 18.3 Å². The smallest absolute Gasteiger partial charge is 0.361 e. The van der Waals surface area contributed by atoms with Crippen molar-refractivity contribution in [2.45, 2.75) is 71.3 Å². The van der Waals surface area contributed by atoms with Crippen LogP contribution in [0.4, 0.5) is 0 Å². The van der Waals surface area contributed by atoms with Gasteiger partial charge in [0.15, 0.2) is 12.6 Å². The summed E-state index contributed by atoms with van der Waals surface area (Å²) in [6, 6.07) is 0. The first kappa shape index (κ1) is 16.1. The van der Waals surface area contributed by atoms with Crippen LogP contribution in [0.1, 0.15) is 34.1 Å². The lowest BCUT2D eigenvalue weighted by atomic mass is 9.85. The SMILES string of the molecule is CC(CC(C)(C)C)C1OCC2OC3OC(C(=O)O)OC3C2O1. The first-order valence-electron chi connectivity index (χ1n) is 7.71. The van der Waals surface area contributed by atoms with Gasteiger partial charge in [-0.3, -0.25) is 0 Å². The van der Waals surface area contributed by atoms with E-state index in [1.165, 1.54) is 0 Å². The molecule has 0 aromatic carbocycles. The second-order valence-electron chi connectivity index (χ2n) is 7.49. The molecule has 0 spiro atoms. The average Bonchev–Trinajstić information content (AvgIpc) is 2.93. The van der Waals surface area contributed by atoms with E-state index < -0.39 is 24.7 Å². The molecule has 0 saturated carbocycles. The van der Waals surface area contributed by atoms with E-state index in [-0.39, 0.29) is 29.8 Å². The highest BCUT2D eigenvalue weighted by atomic mass is 16.9. The van der Waals surface area contributed by atoms with Crippen LogP contribution in [-0.4, -0.2) is 54.9 Å². The molecule has 7 heteroatoms. The molecule has 0 radical (unpaired) electrons. The van der Waals surface area contributed by atoms with Crippen LogP contribution in [0.5, 0.6) is 0 Å². The molecular weight excluding hydrogens is 292 g/mol. The summed E-state index contributed by atoms with van der Waals surface area (Å²) in [6.07, 6.45) is -2.50. The molecule has 3 rings (SSSR count). The van der Waals surface area contributed by atoms with Gasteiger partial charge in [0.25, 0.3) is 6.29 Å². The topological polar surface area (TPSA) is 83.5 Å². The number of hydrogen-bond donors (Lipinski definition) is 1. The van der Waals surface area contributed by atoms with Gasteiger partial charge in [-0.15, -0.1) is 0 Å². The Morgan fingerprint density at radius 3 is 2.55 bits per heavy atom. The highest BCUT2D eigenvalue weighted by Crippen LogP contribution is 2.39. The minimum Gasteiger partial charge on any atom is -0.477 e. The third-order valence-corrected chi connectivity index (χ3v) is 4.12. The van der Waals surface area contributed by atoms with Crippen molar-refractivity contribution in [1.29, 1.82) is 0 Å². The first-order valence-corrected chi connectivity index (χ1v) is 7.71. The third kappa shape index (κ3) is 3.14. The van der Waals surface area contributed by atoms with Gasteiger partial charge < -0.3 is 28.8 Å². The molecular formula is C15H24O7. The number of hydrogen-bond acceptors (Lipinski definition) is 6. The highest BCUT2D eigenvalue weighted by molar-refractivity contribution is 5.71. The monoisotopic (exact) mass is 316 g/mol. The maximum atomic E-state index is 11.0. The van der Waals surface area contributed by atoms with Crippen molar-refractivity contribution in [3.05, 3.63) is 0 Å². The summed E-state index contributed by atoms with van der Waals surface area (Å²) in [4.78, 5) is 11.0. The number of carbonyl (C=O) groups is 1. The van der Waals surface area contributed by atoms with Gasteiger partial charge in [-0.05, 0) is 11.8 Å². The van der Waals surface area contributed by atoms with Crippen molar-refractivity contribution in [3.63, 3.8) is 0 Å². The maximum absolute atomic E-state index is 11.0. The van der Waals surface area contributed by atoms with Crippen LogP contribution < -0.4 is 0 Å². The zero-order valence-corrected chi connectivity index (χ0v) is 13.4. The molecule has 7 atom stereocenters. The average molecular weight is 316 g/mol. The van der Waals surface area contributed by atoms with Crippen LogP contribution in [0.25, 0.3) is 0 Å². The van der Waals surface area contributed by atoms with Crippen molar-refractivity contribution in [2.24, 2.45) is 11.3 Å². The predicted molar refractivity (Wildman–Crippen MR) is 73.9 cm³/mol. The van der Waals surface area contributed by atoms with Gasteiger partial charge >= 0.3 is 5.97 Å². The third-order valence-electron chi connectivity index (χ3n) is 4.12. The van der Waals surface area contributed by atoms with Crippen LogP contribution in [-0.2, 0) is 28.5 Å². The molecule has 7 nitrogen and oxygen atoms in total. The molecule has 7 unspecified atom stereocenters. The molecule has 3 aliphatic rings. The molecule has 3 fully saturated rings. The van der Waals surface area contributed by atoms with Crippen LogP contribution in [0, 0.1) is 11.3 Å². The molecule has 3 saturated heterocycles. The first-order chi connectivity index (χ1) is 10.2. The van der Waals surface area contributed by atoms with Crippen molar-refractivity contribution >= 4 is 5.97 Å². The molecule has 0 aromatic heterocycles. The number of rotatable bonds is 3. The second-order valence-corrected chi connectivity index (χ2v) is 7.49. The van der Waals surface area contributed by atoms with Crippen molar-refractivity contribution in [1.82, 2.24) is 0 Å². The number of ether oxygens (including phenoxy) is 5. The van der Waals surface area contributed by atoms with Gasteiger partial charge in [0.2, 0.25) is 0 Å². The van der Waals surface area contributed by atoms with Gasteiger partial charge in [-0.2, -0.15) is 0 Å². The van der Waals surface area contributed by atoms with Crippen LogP contribution in [0.2, 0.25) is 0 Å². The fraction of sp³-hybridized carbons (Fsp3) is 0.933. The zero-order chi connectivity index (χ0) is 16.1. The Labute approximate surface area is 129 Å². The second kappa shape index (κ2) is 5.72. The summed E-state index contributed by atoms with van der Waals surface area (Å²) in [6.45, 7) is 9.02. The van der Waals surface area contributed by atoms with Crippen molar-refractivity contribution < 1.29 is 33.6 Å². The summed E-state index contributed by atoms with van der Waals surface area (Å²) < 4.78 is 28.1. The van der Waals surface area contributed by atoms with E-state index in [0.717, 1.165) is 6.42 Å². The quantitative estimate of drug-likeness (QED) is 0.841. The highest BCUT2D eigenvalue weighted by Gasteiger charge is 2.57. The lowest BCUT2D eigenvalue weighted by Crippen LogP contribution is -2.48. The maximum Gasteiger partial charge on any atom is 0.361 e. The van der Waals surface area contributed by atoms with Crippen LogP contribution in [0.15, 0.2) is 0 Å². The van der Waals surface area contributed by atoms with Gasteiger partial charge in [-0.25, -0.2) is 4.79 Å². The van der Waals surface area contributed by atoms with Crippen molar-refractivity contribution in [2.75, 3.05) is 6.61 Å². The normalized spacial score (nSPS) is 42.7. The Balaban J connectivity index is 1.63. The molecule has 126 valence electrons. The molecule has 1 N–H and O–H groups in total. The van der Waals surface area contributed by atoms with E-state index in [9.17, 15) is 4.79 Å². The molecule has 0 aromatic rings. The van der Waals surface area contributed by atoms with E-state index in [0.29, 0.717) is 6.61 Å². The van der Waals surface area contributed by atoms with E-state index >= 15 is 0 Å².